The van der Waals surface area contributed by atoms with Crippen molar-refractivity contribution in [3.8, 4) is 0 Å². The first-order valence-electron chi connectivity index (χ1n) is 12.4. The van der Waals surface area contributed by atoms with Gasteiger partial charge in [-0.05, 0) is 44.4 Å². The zero-order valence-electron chi connectivity index (χ0n) is 21.1. The topological polar surface area (TPSA) is 120 Å². The number of β-amino-alcohol motifs (C(OH)–C–C–N with tert-alkyl or cyclic N) is 1. The molecular formula is C25H31ClN6O4S. The van der Waals surface area contributed by atoms with Gasteiger partial charge in [-0.3, -0.25) is 9.52 Å². The van der Waals surface area contributed by atoms with Gasteiger partial charge in [0, 0.05) is 48.4 Å². The Balaban J connectivity index is 1.48. The molecule has 198 valence electrons. The van der Waals surface area contributed by atoms with E-state index >= 15 is 0 Å². The summed E-state index contributed by atoms with van der Waals surface area (Å²) in [5.74, 6) is 0.697. The number of hydrogen-bond acceptors (Lipinski definition) is 7. The van der Waals surface area contributed by atoms with E-state index in [0.717, 1.165) is 49.1 Å². The second-order valence-corrected chi connectivity index (χ2v) is 12.3. The minimum atomic E-state index is -3.59. The Kier molecular flexibility index (Phi) is 6.80. The van der Waals surface area contributed by atoms with Crippen LogP contribution in [0, 0.1) is 12.8 Å². The average Bonchev–Trinajstić information content (AvgIpc) is 3.40. The van der Waals surface area contributed by atoms with Gasteiger partial charge in [-0.15, -0.1) is 0 Å². The van der Waals surface area contributed by atoms with Crippen molar-refractivity contribution in [2.75, 3.05) is 35.5 Å². The van der Waals surface area contributed by atoms with Crippen molar-refractivity contribution >= 4 is 44.7 Å². The zero-order valence-corrected chi connectivity index (χ0v) is 22.6. The lowest BCUT2D eigenvalue weighted by Crippen LogP contribution is -2.39. The van der Waals surface area contributed by atoms with Crippen LogP contribution in [0.3, 0.4) is 0 Å². The molecule has 2 saturated heterocycles. The largest absolute Gasteiger partial charge is 0.391 e. The standard InChI is InChI=1S/C25H31ClN6O4S/c1-15-12-30(14-22(15)33)24-16(2)13-32-23(27-24)11-20(28-32)21-6-4-5-9-31(21)25(34)18-10-17(26)7-8-19(18)29-37(3,35)36/h7-8,10-11,13,15,21-22,29,33H,4-6,9,12,14H2,1-3H3. The highest BCUT2D eigenvalue weighted by molar-refractivity contribution is 7.92. The SMILES string of the molecule is Cc1cn2nc(C3CCCCN3C(=O)c3cc(Cl)ccc3NS(C)(=O)=O)cc2nc1N1CC(C)C(O)C1. The number of likely N-dealkylation sites (tertiary alicyclic amines) is 1. The smallest absolute Gasteiger partial charge is 0.256 e. The third-order valence-electron chi connectivity index (χ3n) is 7.11. The van der Waals surface area contributed by atoms with Crippen LogP contribution in [0.25, 0.3) is 5.65 Å². The molecule has 0 saturated carbocycles. The molecule has 4 heterocycles. The number of nitrogens with one attached hydrogen (secondary N) is 1. The highest BCUT2D eigenvalue weighted by Gasteiger charge is 2.33. The Morgan fingerprint density at radius 2 is 2.00 bits per heavy atom. The van der Waals surface area contributed by atoms with Crippen molar-refractivity contribution in [3.05, 3.63) is 52.3 Å². The van der Waals surface area contributed by atoms with Gasteiger partial charge in [-0.1, -0.05) is 18.5 Å². The average molecular weight is 547 g/mol. The van der Waals surface area contributed by atoms with E-state index in [2.05, 4.69) is 9.62 Å². The van der Waals surface area contributed by atoms with Gasteiger partial charge in [0.15, 0.2) is 5.65 Å². The first kappa shape index (κ1) is 25.7. The second-order valence-electron chi connectivity index (χ2n) is 10.1. The second kappa shape index (κ2) is 9.77. The van der Waals surface area contributed by atoms with E-state index in [-0.39, 0.29) is 35.2 Å². The van der Waals surface area contributed by atoms with Crippen LogP contribution < -0.4 is 9.62 Å². The van der Waals surface area contributed by atoms with Crippen molar-refractivity contribution in [2.24, 2.45) is 5.92 Å². The number of aliphatic hydroxyl groups is 1. The van der Waals surface area contributed by atoms with Crippen LogP contribution in [0.5, 0.6) is 0 Å². The van der Waals surface area contributed by atoms with E-state index in [1.807, 2.05) is 26.1 Å². The van der Waals surface area contributed by atoms with Crippen LogP contribution in [0.1, 0.15) is 53.8 Å². The molecule has 3 aromatic rings. The van der Waals surface area contributed by atoms with Gasteiger partial charge in [-0.25, -0.2) is 17.9 Å². The quantitative estimate of drug-likeness (QED) is 0.504. The summed E-state index contributed by atoms with van der Waals surface area (Å²) in [6.07, 6.45) is 5.09. The van der Waals surface area contributed by atoms with Gasteiger partial charge in [0.05, 0.1) is 35.3 Å². The lowest BCUT2D eigenvalue weighted by atomic mass is 9.98. The molecule has 2 aliphatic heterocycles. The van der Waals surface area contributed by atoms with Gasteiger partial charge in [0.2, 0.25) is 10.0 Å². The van der Waals surface area contributed by atoms with E-state index < -0.39 is 10.0 Å². The predicted molar refractivity (Wildman–Crippen MR) is 143 cm³/mol. The molecule has 2 aliphatic rings. The molecule has 1 aromatic carbocycles. The number of halogens is 1. The number of aromatic nitrogens is 3. The summed E-state index contributed by atoms with van der Waals surface area (Å²) < 4.78 is 28.0. The zero-order chi connectivity index (χ0) is 26.5. The summed E-state index contributed by atoms with van der Waals surface area (Å²) in [5.41, 5.74) is 2.75. The fourth-order valence-corrected chi connectivity index (χ4v) is 5.99. The van der Waals surface area contributed by atoms with Gasteiger partial charge in [0.1, 0.15) is 5.82 Å². The number of rotatable bonds is 5. The number of aryl methyl sites for hydroxylation is 1. The molecule has 2 aromatic heterocycles. The number of fused-ring (bicyclic) bond motifs is 1. The van der Waals surface area contributed by atoms with Crippen molar-refractivity contribution in [3.63, 3.8) is 0 Å². The monoisotopic (exact) mass is 546 g/mol. The van der Waals surface area contributed by atoms with Gasteiger partial charge in [-0.2, -0.15) is 5.10 Å². The van der Waals surface area contributed by atoms with E-state index in [4.69, 9.17) is 21.7 Å². The maximum Gasteiger partial charge on any atom is 0.256 e. The first-order chi connectivity index (χ1) is 17.5. The molecule has 37 heavy (non-hydrogen) atoms. The molecule has 3 atom stereocenters. The van der Waals surface area contributed by atoms with E-state index in [1.54, 1.807) is 15.5 Å². The fraction of sp³-hybridized carbons (Fsp3) is 0.480. The molecule has 0 spiro atoms. The summed E-state index contributed by atoms with van der Waals surface area (Å²) >= 11 is 6.19. The van der Waals surface area contributed by atoms with Crippen LogP contribution >= 0.6 is 11.6 Å². The number of piperidine rings is 1. The number of benzene rings is 1. The molecular weight excluding hydrogens is 516 g/mol. The predicted octanol–water partition coefficient (Wildman–Crippen LogP) is 3.25. The molecule has 1 amide bonds. The normalized spacial score (nSPS) is 22.6. The van der Waals surface area contributed by atoms with Crippen LogP contribution in [0.2, 0.25) is 5.02 Å². The maximum atomic E-state index is 13.8. The Hall–Kier alpha value is -2.89. The van der Waals surface area contributed by atoms with Crippen molar-refractivity contribution < 1.29 is 18.3 Å². The fourth-order valence-electron chi connectivity index (χ4n) is 5.24. The molecule has 2 N–H and O–H groups in total. The summed E-state index contributed by atoms with van der Waals surface area (Å²) in [4.78, 5) is 22.5. The number of aliphatic hydroxyl groups excluding tert-OH is 1. The maximum absolute atomic E-state index is 13.8. The number of amides is 1. The van der Waals surface area contributed by atoms with E-state index in [9.17, 15) is 18.3 Å². The number of hydrogen-bond donors (Lipinski definition) is 2. The molecule has 0 bridgehead atoms. The molecule has 10 nitrogen and oxygen atoms in total. The molecule has 0 aliphatic carbocycles. The Bertz CT molecular complexity index is 1450. The van der Waals surface area contributed by atoms with Crippen molar-refractivity contribution in [1.82, 2.24) is 19.5 Å². The minimum Gasteiger partial charge on any atom is -0.391 e. The van der Waals surface area contributed by atoms with Crippen LogP contribution in [0.15, 0.2) is 30.5 Å². The first-order valence-corrected chi connectivity index (χ1v) is 14.7. The Morgan fingerprint density at radius 3 is 2.70 bits per heavy atom. The highest BCUT2D eigenvalue weighted by atomic mass is 35.5. The van der Waals surface area contributed by atoms with E-state index in [0.29, 0.717) is 23.8 Å². The summed E-state index contributed by atoms with van der Waals surface area (Å²) in [6.45, 7) is 5.80. The number of carbonyl (C=O) groups is 1. The Labute approximate surface area is 221 Å². The Morgan fingerprint density at radius 1 is 1.22 bits per heavy atom. The molecule has 0 radical (unpaired) electrons. The third-order valence-corrected chi connectivity index (χ3v) is 7.93. The van der Waals surface area contributed by atoms with Crippen LogP contribution in [-0.2, 0) is 10.0 Å². The van der Waals surface area contributed by atoms with Crippen molar-refractivity contribution in [2.45, 2.75) is 45.3 Å². The molecule has 12 heteroatoms. The van der Waals surface area contributed by atoms with Crippen molar-refractivity contribution in [1.29, 1.82) is 0 Å². The number of carbonyl (C=O) groups excluding carboxylic acids is 1. The van der Waals surface area contributed by atoms with E-state index in [1.165, 1.54) is 12.1 Å². The third kappa shape index (κ3) is 5.25. The number of nitrogens with zero attached hydrogens (tertiary/aromatic N) is 5. The van der Waals surface area contributed by atoms with Gasteiger partial charge < -0.3 is 14.9 Å². The number of anilines is 2. The summed E-state index contributed by atoms with van der Waals surface area (Å²) in [5, 5.41) is 15.3. The lowest BCUT2D eigenvalue weighted by molar-refractivity contribution is 0.0607. The van der Waals surface area contributed by atoms with Crippen LogP contribution in [0.4, 0.5) is 11.5 Å². The summed E-state index contributed by atoms with van der Waals surface area (Å²) in [7, 11) is -3.59. The highest BCUT2D eigenvalue weighted by Crippen LogP contribution is 2.34. The molecule has 3 unspecified atom stereocenters. The van der Waals surface area contributed by atoms with Gasteiger partial charge >= 0.3 is 0 Å². The minimum absolute atomic E-state index is 0.174. The number of sulfonamides is 1. The summed E-state index contributed by atoms with van der Waals surface area (Å²) in [6, 6.07) is 6.17. The van der Waals surface area contributed by atoms with Gasteiger partial charge in [0.25, 0.3) is 5.91 Å². The lowest BCUT2D eigenvalue weighted by Gasteiger charge is -2.35. The van der Waals surface area contributed by atoms with Crippen LogP contribution in [-0.4, -0.2) is 70.9 Å². The molecule has 5 rings (SSSR count). The molecule has 2 fully saturated rings.